The summed E-state index contributed by atoms with van der Waals surface area (Å²) in [4.78, 5) is 12.0. The molecular formula is C28H26BrClN4O. The molecule has 2 heterocycles. The van der Waals surface area contributed by atoms with Gasteiger partial charge in [0.15, 0.2) is 0 Å². The molecule has 4 rings (SSSR count). The third kappa shape index (κ3) is 6.84. The van der Waals surface area contributed by atoms with Gasteiger partial charge in [-0.05, 0) is 64.2 Å². The van der Waals surface area contributed by atoms with E-state index in [-0.39, 0.29) is 5.91 Å². The quantitative estimate of drug-likeness (QED) is 0.240. The summed E-state index contributed by atoms with van der Waals surface area (Å²) in [5.41, 5.74) is 3.91. The standard InChI is InChI=1S/C28H26BrClN4O/c29-24-20-33-34-26(24)14-8-11-22(23-12-4-5-13-25(23)30)19-27(34)31-17-6-7-18-32-28(35)16-15-21-9-2-1-3-10-21/h1-5,8-16,19-20,31H,6-7,17-18H2,(H,32,35)/b14-8+,16-15+,22-11-,27-19-. The smallest absolute Gasteiger partial charge is 0.243 e. The molecule has 2 N–H and O–H groups in total. The predicted molar refractivity (Wildman–Crippen MR) is 148 cm³/mol. The van der Waals surface area contributed by atoms with Crippen LogP contribution in [0.2, 0.25) is 5.02 Å². The van der Waals surface area contributed by atoms with Gasteiger partial charge in [-0.3, -0.25) is 4.79 Å². The van der Waals surface area contributed by atoms with Crippen LogP contribution < -0.4 is 10.6 Å². The fourth-order valence-electron chi connectivity index (χ4n) is 3.64. The van der Waals surface area contributed by atoms with Gasteiger partial charge in [-0.15, -0.1) is 0 Å². The Hall–Kier alpha value is -3.35. The summed E-state index contributed by atoms with van der Waals surface area (Å²) in [6.07, 6.45) is 15.0. The SMILES string of the molecule is O=C(/C=C/c1ccccc1)NCCCCN/C1=C/C(c2ccccc2Cl)=C/C=C/c2c(Br)cnn21. The van der Waals surface area contributed by atoms with Crippen molar-refractivity contribution in [1.29, 1.82) is 0 Å². The first kappa shape index (κ1) is 24.8. The number of hydrogen-bond donors (Lipinski definition) is 2. The maximum atomic E-state index is 12.0. The van der Waals surface area contributed by atoms with Gasteiger partial charge in [-0.1, -0.05) is 72.3 Å². The molecule has 7 heteroatoms. The minimum atomic E-state index is -0.0862. The molecule has 0 spiro atoms. The molecule has 1 aromatic heterocycles. The molecule has 1 aliphatic rings. The van der Waals surface area contributed by atoms with Gasteiger partial charge in [-0.2, -0.15) is 5.10 Å². The summed E-state index contributed by atoms with van der Waals surface area (Å²) in [5, 5.41) is 11.7. The van der Waals surface area contributed by atoms with Crippen molar-refractivity contribution in [2.45, 2.75) is 12.8 Å². The molecule has 3 aromatic rings. The van der Waals surface area contributed by atoms with E-state index in [1.165, 1.54) is 0 Å². The summed E-state index contributed by atoms with van der Waals surface area (Å²) in [6.45, 7) is 1.35. The third-order valence-corrected chi connectivity index (χ3v) is 6.37. The highest BCUT2D eigenvalue weighted by Crippen LogP contribution is 2.29. The molecule has 0 aliphatic carbocycles. The Morgan fingerprint density at radius 2 is 1.83 bits per heavy atom. The predicted octanol–water partition coefficient (Wildman–Crippen LogP) is 6.41. The monoisotopic (exact) mass is 548 g/mol. The van der Waals surface area contributed by atoms with E-state index < -0.39 is 0 Å². The first-order chi connectivity index (χ1) is 17.1. The Balaban J connectivity index is 1.34. The van der Waals surface area contributed by atoms with Crippen LogP contribution in [0.1, 0.15) is 29.7 Å². The van der Waals surface area contributed by atoms with Crippen molar-refractivity contribution in [2.75, 3.05) is 13.1 Å². The Bertz CT molecular complexity index is 1290. The molecule has 5 nitrogen and oxygen atoms in total. The van der Waals surface area contributed by atoms with Gasteiger partial charge < -0.3 is 10.6 Å². The Morgan fingerprint density at radius 1 is 1.06 bits per heavy atom. The molecule has 0 bridgehead atoms. The molecule has 0 saturated carbocycles. The number of nitrogens with one attached hydrogen (secondary N) is 2. The highest BCUT2D eigenvalue weighted by molar-refractivity contribution is 9.10. The van der Waals surface area contributed by atoms with Crippen molar-refractivity contribution in [1.82, 2.24) is 20.4 Å². The maximum absolute atomic E-state index is 12.0. The molecule has 0 unspecified atom stereocenters. The topological polar surface area (TPSA) is 59.0 Å². The van der Waals surface area contributed by atoms with Gasteiger partial charge in [0, 0.05) is 29.8 Å². The summed E-state index contributed by atoms with van der Waals surface area (Å²) in [5.74, 6) is 0.771. The summed E-state index contributed by atoms with van der Waals surface area (Å²) < 4.78 is 2.79. The lowest BCUT2D eigenvalue weighted by molar-refractivity contribution is -0.116. The minimum Gasteiger partial charge on any atom is -0.370 e. The van der Waals surface area contributed by atoms with Crippen molar-refractivity contribution < 1.29 is 4.79 Å². The molecule has 0 fully saturated rings. The molecule has 0 atom stereocenters. The van der Waals surface area contributed by atoms with Gasteiger partial charge >= 0.3 is 0 Å². The number of halogens is 2. The number of carbonyl (C=O) groups is 1. The van der Waals surface area contributed by atoms with Crippen LogP contribution in [0, 0.1) is 0 Å². The average molecular weight is 550 g/mol. The first-order valence-electron chi connectivity index (χ1n) is 11.5. The second kappa shape index (κ2) is 12.4. The lowest BCUT2D eigenvalue weighted by Crippen LogP contribution is -2.24. The van der Waals surface area contributed by atoms with Gasteiger partial charge in [0.1, 0.15) is 5.82 Å². The minimum absolute atomic E-state index is 0.0862. The van der Waals surface area contributed by atoms with Crippen molar-refractivity contribution in [3.63, 3.8) is 0 Å². The zero-order valence-corrected chi connectivity index (χ0v) is 21.5. The largest absolute Gasteiger partial charge is 0.370 e. The van der Waals surface area contributed by atoms with Gasteiger partial charge in [0.2, 0.25) is 5.91 Å². The van der Waals surface area contributed by atoms with E-state index in [2.05, 4.69) is 37.7 Å². The van der Waals surface area contributed by atoms with Crippen LogP contribution >= 0.6 is 27.5 Å². The average Bonchev–Trinajstić information content (AvgIpc) is 3.22. The van der Waals surface area contributed by atoms with Crippen LogP contribution in [0.4, 0.5) is 0 Å². The number of fused-ring (bicyclic) bond motifs is 1. The number of rotatable bonds is 9. The van der Waals surface area contributed by atoms with E-state index in [0.717, 1.165) is 52.1 Å². The molecular weight excluding hydrogens is 524 g/mol. The number of aromatic nitrogens is 2. The summed E-state index contributed by atoms with van der Waals surface area (Å²) in [7, 11) is 0. The maximum Gasteiger partial charge on any atom is 0.243 e. The van der Waals surface area contributed by atoms with Gasteiger partial charge in [-0.25, -0.2) is 4.68 Å². The van der Waals surface area contributed by atoms with E-state index in [9.17, 15) is 4.79 Å². The lowest BCUT2D eigenvalue weighted by atomic mass is 10.0. The number of nitrogens with zero attached hydrogens (tertiary/aromatic N) is 2. The van der Waals surface area contributed by atoms with Gasteiger partial charge in [0.25, 0.3) is 0 Å². The van der Waals surface area contributed by atoms with Crippen LogP contribution in [0.25, 0.3) is 23.5 Å². The second-order valence-corrected chi connectivity index (χ2v) is 9.21. The van der Waals surface area contributed by atoms with Crippen molar-refractivity contribution in [3.8, 4) is 0 Å². The molecule has 178 valence electrons. The second-order valence-electron chi connectivity index (χ2n) is 7.95. The molecule has 2 aromatic carbocycles. The number of carbonyl (C=O) groups excluding carboxylic acids is 1. The van der Waals surface area contributed by atoms with E-state index in [4.69, 9.17) is 11.6 Å². The van der Waals surface area contributed by atoms with E-state index >= 15 is 0 Å². The fraction of sp³-hybridized carbons (Fsp3) is 0.143. The number of allylic oxidation sites excluding steroid dienone is 4. The van der Waals surface area contributed by atoms with Crippen molar-refractivity contribution >= 4 is 57.0 Å². The summed E-state index contributed by atoms with van der Waals surface area (Å²) in [6, 6.07) is 17.6. The molecule has 0 radical (unpaired) electrons. The van der Waals surface area contributed by atoms with Crippen LogP contribution in [0.15, 0.2) is 89.6 Å². The lowest BCUT2D eigenvalue weighted by Gasteiger charge is -2.16. The van der Waals surface area contributed by atoms with E-state index in [1.54, 1.807) is 12.3 Å². The normalized spacial score (nSPS) is 16.9. The molecule has 1 amide bonds. The first-order valence-corrected chi connectivity index (χ1v) is 12.6. The van der Waals surface area contributed by atoms with Crippen LogP contribution in [0.3, 0.4) is 0 Å². The zero-order valence-electron chi connectivity index (χ0n) is 19.1. The Kier molecular flexibility index (Phi) is 8.76. The summed E-state index contributed by atoms with van der Waals surface area (Å²) >= 11 is 10.0. The van der Waals surface area contributed by atoms with Crippen molar-refractivity contribution in [3.05, 3.63) is 111 Å². The number of hydrogen-bond acceptors (Lipinski definition) is 3. The van der Waals surface area contributed by atoms with Crippen LogP contribution in [0.5, 0.6) is 0 Å². The highest BCUT2D eigenvalue weighted by atomic mass is 79.9. The number of amides is 1. The third-order valence-electron chi connectivity index (χ3n) is 5.43. The Morgan fingerprint density at radius 3 is 2.66 bits per heavy atom. The van der Waals surface area contributed by atoms with E-state index in [0.29, 0.717) is 11.6 Å². The van der Waals surface area contributed by atoms with E-state index in [1.807, 2.05) is 83.6 Å². The molecule has 0 saturated heterocycles. The van der Waals surface area contributed by atoms with Gasteiger partial charge in [0.05, 0.1) is 16.4 Å². The Labute approximate surface area is 219 Å². The number of unbranched alkanes of at least 4 members (excludes halogenated alkanes) is 1. The number of benzene rings is 2. The zero-order chi connectivity index (χ0) is 24.5. The highest BCUT2D eigenvalue weighted by Gasteiger charge is 2.14. The van der Waals surface area contributed by atoms with Crippen LogP contribution in [-0.4, -0.2) is 28.8 Å². The van der Waals surface area contributed by atoms with Crippen LogP contribution in [-0.2, 0) is 4.79 Å². The molecule has 35 heavy (non-hydrogen) atoms. The molecule has 1 aliphatic heterocycles. The van der Waals surface area contributed by atoms with Crippen molar-refractivity contribution in [2.24, 2.45) is 0 Å². The fourth-order valence-corrected chi connectivity index (χ4v) is 4.28.